The molecule has 1 heterocycles. The molecule has 0 saturated heterocycles. The van der Waals surface area contributed by atoms with Gasteiger partial charge in [0, 0.05) is 11.4 Å². The number of aromatic nitrogens is 1. The van der Waals surface area contributed by atoms with Crippen molar-refractivity contribution in [1.29, 1.82) is 0 Å². The van der Waals surface area contributed by atoms with Crippen molar-refractivity contribution in [2.45, 2.75) is 13.8 Å². The van der Waals surface area contributed by atoms with Crippen molar-refractivity contribution in [3.05, 3.63) is 70.1 Å². The first-order chi connectivity index (χ1) is 12.0. The molecular weight excluding hydrogens is 318 g/mol. The minimum Gasteiger partial charge on any atom is -0.497 e. The van der Waals surface area contributed by atoms with Crippen molar-refractivity contribution in [2.24, 2.45) is 0 Å². The van der Waals surface area contributed by atoms with Crippen LogP contribution in [0.4, 0.5) is 0 Å². The lowest BCUT2D eigenvalue weighted by molar-refractivity contribution is 0.0526. The molecule has 1 aromatic heterocycles. The Balaban J connectivity index is 2.12. The van der Waals surface area contributed by atoms with Crippen LogP contribution in [0.25, 0.3) is 16.5 Å². The number of pyridine rings is 1. The van der Waals surface area contributed by atoms with Crippen LogP contribution in [0.2, 0.25) is 0 Å². The number of ether oxygens (including phenoxy) is 2. The lowest BCUT2D eigenvalue weighted by Gasteiger charge is -2.13. The second-order valence-corrected chi connectivity index (χ2v) is 5.65. The largest absolute Gasteiger partial charge is 0.497 e. The molecule has 0 aliphatic carbocycles. The Morgan fingerprint density at radius 1 is 1.08 bits per heavy atom. The summed E-state index contributed by atoms with van der Waals surface area (Å²) in [6.07, 6.45) is 0. The summed E-state index contributed by atoms with van der Waals surface area (Å²) >= 11 is 0. The number of carbonyl (C=O) groups is 1. The molecule has 128 valence electrons. The fourth-order valence-corrected chi connectivity index (χ4v) is 2.83. The number of rotatable bonds is 4. The van der Waals surface area contributed by atoms with Crippen molar-refractivity contribution < 1.29 is 14.3 Å². The van der Waals surface area contributed by atoms with Crippen LogP contribution < -0.4 is 10.3 Å². The average molecular weight is 337 g/mol. The maximum absolute atomic E-state index is 13.0. The van der Waals surface area contributed by atoms with E-state index in [0.717, 1.165) is 11.1 Å². The highest BCUT2D eigenvalue weighted by Gasteiger charge is 2.11. The molecule has 5 heteroatoms. The molecule has 0 spiro atoms. The van der Waals surface area contributed by atoms with Crippen molar-refractivity contribution in [3.8, 4) is 11.4 Å². The number of aryl methyl sites for hydroxylation is 1. The molecule has 0 fully saturated rings. The molecule has 0 atom stereocenters. The number of hydrogen-bond acceptors (Lipinski definition) is 4. The molecular formula is C20H19NO4. The summed E-state index contributed by atoms with van der Waals surface area (Å²) in [5, 5.41) is 1.45. The molecule has 5 nitrogen and oxygen atoms in total. The maximum atomic E-state index is 13.0. The van der Waals surface area contributed by atoms with Gasteiger partial charge in [-0.25, -0.2) is 4.79 Å². The molecule has 0 saturated carbocycles. The summed E-state index contributed by atoms with van der Waals surface area (Å²) in [6.45, 7) is 3.97. The first-order valence-corrected chi connectivity index (χ1v) is 8.03. The van der Waals surface area contributed by atoms with Crippen molar-refractivity contribution in [2.75, 3.05) is 13.7 Å². The van der Waals surface area contributed by atoms with E-state index in [0.29, 0.717) is 29.0 Å². The predicted octanol–water partition coefficient (Wildman–Crippen LogP) is 3.48. The Bertz CT molecular complexity index is 987. The molecule has 25 heavy (non-hydrogen) atoms. The van der Waals surface area contributed by atoms with E-state index in [1.165, 1.54) is 0 Å². The van der Waals surface area contributed by atoms with E-state index >= 15 is 0 Å². The number of benzene rings is 2. The predicted molar refractivity (Wildman–Crippen MR) is 96.8 cm³/mol. The first kappa shape index (κ1) is 16.8. The Kier molecular flexibility index (Phi) is 4.57. The molecule has 0 radical (unpaired) electrons. The summed E-state index contributed by atoms with van der Waals surface area (Å²) in [5.41, 5.74) is 1.84. The number of carbonyl (C=O) groups excluding carboxylic acids is 1. The second kappa shape index (κ2) is 6.81. The molecule has 2 aromatic carbocycles. The molecule has 0 unspecified atom stereocenters. The van der Waals surface area contributed by atoms with E-state index in [4.69, 9.17) is 9.47 Å². The van der Waals surface area contributed by atoms with Gasteiger partial charge in [0.1, 0.15) is 5.75 Å². The third-order valence-electron chi connectivity index (χ3n) is 4.05. The number of hydrogen-bond donors (Lipinski definition) is 0. The minimum absolute atomic E-state index is 0.127. The topological polar surface area (TPSA) is 57.5 Å². The van der Waals surface area contributed by atoms with Crippen LogP contribution in [0.5, 0.6) is 5.75 Å². The van der Waals surface area contributed by atoms with Crippen molar-refractivity contribution in [1.82, 2.24) is 4.57 Å². The van der Waals surface area contributed by atoms with Crippen LogP contribution in [0.15, 0.2) is 53.3 Å². The van der Waals surface area contributed by atoms with Gasteiger partial charge in [-0.15, -0.1) is 0 Å². The Morgan fingerprint density at radius 3 is 2.44 bits per heavy atom. The standard InChI is InChI=1S/C20H19NO4/c1-4-25-20(23)14-5-8-16(9-6-14)21-13(2)11-15-7-10-17(24-3)12-18(15)19(21)22/h5-12H,4H2,1-3H3. The number of methoxy groups -OCH3 is 1. The quantitative estimate of drug-likeness (QED) is 0.684. The maximum Gasteiger partial charge on any atom is 0.338 e. The summed E-state index contributed by atoms with van der Waals surface area (Å²) < 4.78 is 11.8. The highest BCUT2D eigenvalue weighted by atomic mass is 16.5. The van der Waals surface area contributed by atoms with Gasteiger partial charge in [-0.2, -0.15) is 0 Å². The molecule has 0 N–H and O–H groups in total. The minimum atomic E-state index is -0.374. The fourth-order valence-electron chi connectivity index (χ4n) is 2.83. The summed E-state index contributed by atoms with van der Waals surface area (Å²) in [5.74, 6) is 0.263. The Labute approximate surface area is 145 Å². The SMILES string of the molecule is CCOC(=O)c1ccc(-n2c(C)cc3ccc(OC)cc3c2=O)cc1. The molecule has 0 aliphatic heterocycles. The Hall–Kier alpha value is -3.08. The van der Waals surface area contributed by atoms with Gasteiger partial charge in [0.05, 0.1) is 24.7 Å². The highest BCUT2D eigenvalue weighted by Crippen LogP contribution is 2.21. The van der Waals surface area contributed by atoms with Crippen LogP contribution in [-0.4, -0.2) is 24.3 Å². The smallest absolute Gasteiger partial charge is 0.338 e. The van der Waals surface area contributed by atoms with Gasteiger partial charge in [-0.1, -0.05) is 6.07 Å². The van der Waals surface area contributed by atoms with Gasteiger partial charge >= 0.3 is 5.97 Å². The van der Waals surface area contributed by atoms with E-state index in [1.807, 2.05) is 25.1 Å². The number of nitrogens with zero attached hydrogens (tertiary/aromatic N) is 1. The Morgan fingerprint density at radius 2 is 1.80 bits per heavy atom. The zero-order valence-electron chi connectivity index (χ0n) is 14.4. The van der Waals surface area contributed by atoms with Gasteiger partial charge in [0.2, 0.25) is 0 Å². The monoisotopic (exact) mass is 337 g/mol. The van der Waals surface area contributed by atoms with E-state index in [9.17, 15) is 9.59 Å². The van der Waals surface area contributed by atoms with Crippen LogP contribution in [0, 0.1) is 6.92 Å². The van der Waals surface area contributed by atoms with Crippen molar-refractivity contribution >= 4 is 16.7 Å². The third-order valence-corrected chi connectivity index (χ3v) is 4.05. The van der Waals surface area contributed by atoms with Crippen LogP contribution >= 0.6 is 0 Å². The van der Waals surface area contributed by atoms with E-state index in [2.05, 4.69) is 0 Å². The van der Waals surface area contributed by atoms with E-state index < -0.39 is 0 Å². The average Bonchev–Trinajstić information content (AvgIpc) is 2.62. The zero-order chi connectivity index (χ0) is 18.0. The third kappa shape index (κ3) is 3.13. The fraction of sp³-hybridized carbons (Fsp3) is 0.200. The van der Waals surface area contributed by atoms with Crippen LogP contribution in [0.1, 0.15) is 23.0 Å². The van der Waals surface area contributed by atoms with Gasteiger partial charge < -0.3 is 9.47 Å². The zero-order valence-corrected chi connectivity index (χ0v) is 14.4. The highest BCUT2D eigenvalue weighted by molar-refractivity contribution is 5.89. The molecule has 3 rings (SSSR count). The first-order valence-electron chi connectivity index (χ1n) is 8.03. The van der Waals surface area contributed by atoms with E-state index in [1.54, 1.807) is 48.9 Å². The van der Waals surface area contributed by atoms with Gasteiger partial charge in [0.25, 0.3) is 5.56 Å². The summed E-state index contributed by atoms with van der Waals surface area (Å²) in [4.78, 5) is 24.7. The molecule has 0 amide bonds. The molecule has 0 aliphatic rings. The van der Waals surface area contributed by atoms with Gasteiger partial charge in [0.15, 0.2) is 0 Å². The lowest BCUT2D eigenvalue weighted by atomic mass is 10.1. The summed E-state index contributed by atoms with van der Waals surface area (Å²) in [6, 6.07) is 14.2. The van der Waals surface area contributed by atoms with Crippen LogP contribution in [0.3, 0.4) is 0 Å². The van der Waals surface area contributed by atoms with Crippen molar-refractivity contribution in [3.63, 3.8) is 0 Å². The second-order valence-electron chi connectivity index (χ2n) is 5.65. The van der Waals surface area contributed by atoms with E-state index in [-0.39, 0.29) is 11.5 Å². The normalized spacial score (nSPS) is 10.7. The number of fused-ring (bicyclic) bond motifs is 1. The molecule has 0 bridgehead atoms. The molecule has 3 aromatic rings. The van der Waals surface area contributed by atoms with Gasteiger partial charge in [-0.05, 0) is 61.7 Å². The number of esters is 1. The lowest BCUT2D eigenvalue weighted by Crippen LogP contribution is -2.20. The van der Waals surface area contributed by atoms with Gasteiger partial charge in [-0.3, -0.25) is 9.36 Å². The van der Waals surface area contributed by atoms with Crippen LogP contribution in [-0.2, 0) is 4.74 Å². The summed E-state index contributed by atoms with van der Waals surface area (Å²) in [7, 11) is 1.57.